The Morgan fingerprint density at radius 2 is 1.18 bits per heavy atom. The highest BCUT2D eigenvalue weighted by atomic mass is 16.2. The number of fused-ring (bicyclic) bond motifs is 2. The lowest BCUT2D eigenvalue weighted by Crippen LogP contribution is -2.59. The van der Waals surface area contributed by atoms with Crippen LogP contribution >= 0.6 is 0 Å². The van der Waals surface area contributed by atoms with E-state index in [1.54, 1.807) is 51.0 Å². The summed E-state index contributed by atoms with van der Waals surface area (Å²) in [6.07, 6.45) is 7.87. The van der Waals surface area contributed by atoms with Crippen LogP contribution in [0.15, 0.2) is 72.8 Å². The van der Waals surface area contributed by atoms with Crippen LogP contribution in [0.5, 0.6) is 0 Å². The standard InChI is InChI=1S/C58H80N10O8/c1-35(59-6)50(69)65-46(56(75)67-31-17-29-47(67)54(73)63-44-27-15-20-37-18-8-10-24-42(37)44)26-12-13-30-61-52(71)39-22-14-23-40(32-39)53(72)62-41-33-48(55(74)64-45-28-16-21-38-19-9-11-25-43(38)45)68(34-41)57(76)49(58(3,4)5)66-51(70)36(2)60-7/h8-11,14,18-19,22-25,32,35-36,41,44-49,59-60H,12-13,15-17,20-21,26-31,33-34H2,1-7H3,(H,61,71)(H,62,72)(H,63,73)(H,64,74)(H,65,69)(H,66,70)/t35-,36-,41-,44+,45+,46-,47-,48-,49+/m0/s1. The highest BCUT2D eigenvalue weighted by Gasteiger charge is 2.46. The lowest BCUT2D eigenvalue weighted by molar-refractivity contribution is -0.144. The Labute approximate surface area is 447 Å². The van der Waals surface area contributed by atoms with Crippen LogP contribution in [0.4, 0.5) is 0 Å². The molecule has 2 aliphatic carbocycles. The zero-order chi connectivity index (χ0) is 54.7. The molecule has 0 aromatic heterocycles. The second kappa shape index (κ2) is 25.9. The molecule has 3 aromatic rings. The van der Waals surface area contributed by atoms with Crippen molar-refractivity contribution in [3.05, 3.63) is 106 Å². The quantitative estimate of drug-likeness (QED) is 0.0760. The van der Waals surface area contributed by atoms with Gasteiger partial charge in [0.15, 0.2) is 0 Å². The SMILES string of the molecule is CN[C@@H](C)C(=O)N[C@@H](CCCCNC(=O)c1cccc(C(=O)N[C@H]2C[C@@H](C(=O)N[C@@H]3CCCc4ccccc43)N(C(=O)[C@@H](NC(=O)[C@H](C)NC)C(C)(C)C)C2)c1)C(=O)N1CCC[C@H]1C(=O)N[C@@H]1CCCc2ccccc21. The summed E-state index contributed by atoms with van der Waals surface area (Å²) in [7, 11) is 3.32. The van der Waals surface area contributed by atoms with E-state index in [1.165, 1.54) is 22.1 Å². The van der Waals surface area contributed by atoms with Gasteiger partial charge in [0, 0.05) is 36.8 Å². The van der Waals surface area contributed by atoms with Gasteiger partial charge in [0.1, 0.15) is 24.2 Å². The first-order valence-corrected chi connectivity index (χ1v) is 27.4. The molecule has 410 valence electrons. The fraction of sp³-hybridized carbons (Fsp3) is 0.552. The first-order valence-electron chi connectivity index (χ1n) is 27.4. The van der Waals surface area contributed by atoms with Gasteiger partial charge in [-0.2, -0.15) is 0 Å². The molecule has 0 spiro atoms. The molecule has 2 heterocycles. The van der Waals surface area contributed by atoms with Gasteiger partial charge in [-0.3, -0.25) is 38.4 Å². The molecule has 18 heteroatoms. The number of aryl methyl sites for hydroxylation is 2. The fourth-order valence-electron chi connectivity index (χ4n) is 11.0. The van der Waals surface area contributed by atoms with Gasteiger partial charge in [0.2, 0.25) is 35.4 Å². The van der Waals surface area contributed by atoms with Crippen molar-refractivity contribution in [3.8, 4) is 0 Å². The van der Waals surface area contributed by atoms with E-state index in [-0.39, 0.29) is 78.7 Å². The van der Waals surface area contributed by atoms with Crippen LogP contribution in [0.25, 0.3) is 0 Å². The Morgan fingerprint density at radius 1 is 0.618 bits per heavy atom. The van der Waals surface area contributed by atoms with Crippen LogP contribution in [-0.4, -0.2) is 133 Å². The molecule has 4 aliphatic rings. The molecule has 3 aromatic carbocycles. The second-order valence-corrected chi connectivity index (χ2v) is 22.1. The number of likely N-dealkylation sites (N-methyl/N-ethyl adjacent to an activating group) is 2. The maximum atomic E-state index is 14.6. The summed E-state index contributed by atoms with van der Waals surface area (Å²) in [5.41, 5.74) is 4.29. The molecule has 18 nitrogen and oxygen atoms in total. The van der Waals surface area contributed by atoms with Gasteiger partial charge in [-0.15, -0.1) is 0 Å². The lowest BCUT2D eigenvalue weighted by atomic mass is 9.85. The van der Waals surface area contributed by atoms with E-state index in [0.29, 0.717) is 32.2 Å². The van der Waals surface area contributed by atoms with Crippen LogP contribution in [0.3, 0.4) is 0 Å². The number of carbonyl (C=O) groups is 8. The third kappa shape index (κ3) is 14.0. The molecule has 0 bridgehead atoms. The zero-order valence-corrected chi connectivity index (χ0v) is 45.4. The Hall–Kier alpha value is -6.66. The second-order valence-electron chi connectivity index (χ2n) is 22.1. The molecular formula is C58H80N10O8. The molecule has 0 saturated carbocycles. The summed E-state index contributed by atoms with van der Waals surface area (Å²) in [4.78, 5) is 114. The zero-order valence-electron chi connectivity index (χ0n) is 45.4. The first kappa shape index (κ1) is 57.1. The Bertz CT molecular complexity index is 2600. The molecule has 8 amide bonds. The van der Waals surface area contributed by atoms with E-state index in [4.69, 9.17) is 0 Å². The highest BCUT2D eigenvalue weighted by molar-refractivity contribution is 6.00. The maximum Gasteiger partial charge on any atom is 0.251 e. The van der Waals surface area contributed by atoms with Gasteiger partial charge >= 0.3 is 0 Å². The Morgan fingerprint density at radius 3 is 1.78 bits per heavy atom. The number of hydrogen-bond donors (Lipinski definition) is 8. The Balaban J connectivity index is 0.961. The van der Waals surface area contributed by atoms with Gasteiger partial charge in [0.25, 0.3) is 11.8 Å². The summed E-state index contributed by atoms with van der Waals surface area (Å²) in [6, 6.07) is 16.9. The van der Waals surface area contributed by atoms with Crippen molar-refractivity contribution in [2.75, 3.05) is 33.7 Å². The van der Waals surface area contributed by atoms with Gasteiger partial charge in [-0.05, 0) is 151 Å². The summed E-state index contributed by atoms with van der Waals surface area (Å²) in [6.45, 7) is 9.63. The minimum atomic E-state index is -0.976. The minimum absolute atomic E-state index is 0.0165. The van der Waals surface area contributed by atoms with Crippen LogP contribution in [0.1, 0.15) is 154 Å². The monoisotopic (exact) mass is 1040 g/mol. The van der Waals surface area contributed by atoms with E-state index in [0.717, 1.165) is 49.7 Å². The predicted molar refractivity (Wildman–Crippen MR) is 290 cm³/mol. The fourth-order valence-corrected chi connectivity index (χ4v) is 11.0. The number of hydrogen-bond acceptors (Lipinski definition) is 10. The van der Waals surface area contributed by atoms with Crippen molar-refractivity contribution < 1.29 is 38.4 Å². The number of carbonyl (C=O) groups excluding carboxylic acids is 8. The number of amides is 8. The summed E-state index contributed by atoms with van der Waals surface area (Å²) >= 11 is 0. The molecule has 0 unspecified atom stereocenters. The van der Waals surface area contributed by atoms with Crippen LogP contribution in [0, 0.1) is 5.41 Å². The van der Waals surface area contributed by atoms with E-state index in [1.807, 2.05) is 51.1 Å². The molecule has 2 fully saturated rings. The van der Waals surface area contributed by atoms with Gasteiger partial charge in [-0.25, -0.2) is 0 Å². The van der Waals surface area contributed by atoms with Crippen molar-refractivity contribution in [3.63, 3.8) is 0 Å². The predicted octanol–water partition coefficient (Wildman–Crippen LogP) is 3.90. The van der Waals surface area contributed by atoms with Crippen molar-refractivity contribution in [2.45, 2.75) is 166 Å². The summed E-state index contributed by atoms with van der Waals surface area (Å²) in [5.74, 6) is -2.87. The average Bonchev–Trinajstić information content (AvgIpc) is 4.09. The summed E-state index contributed by atoms with van der Waals surface area (Å²) in [5, 5.41) is 24.0. The molecule has 2 aliphatic heterocycles. The molecule has 8 N–H and O–H groups in total. The first-order chi connectivity index (χ1) is 36.4. The number of nitrogens with zero attached hydrogens (tertiary/aromatic N) is 2. The van der Waals surface area contributed by atoms with Crippen molar-refractivity contribution in [1.82, 2.24) is 52.3 Å². The van der Waals surface area contributed by atoms with Crippen LogP contribution < -0.4 is 42.5 Å². The van der Waals surface area contributed by atoms with Crippen molar-refractivity contribution in [2.24, 2.45) is 5.41 Å². The molecule has 76 heavy (non-hydrogen) atoms. The van der Waals surface area contributed by atoms with E-state index in [9.17, 15) is 38.4 Å². The van der Waals surface area contributed by atoms with Crippen LogP contribution in [0.2, 0.25) is 0 Å². The Kier molecular flexibility index (Phi) is 19.5. The van der Waals surface area contributed by atoms with E-state index in [2.05, 4.69) is 60.7 Å². The third-order valence-corrected chi connectivity index (χ3v) is 15.7. The number of unbranched alkanes of at least 4 members (excludes halogenated alkanes) is 1. The average molecular weight is 1050 g/mol. The number of benzene rings is 3. The summed E-state index contributed by atoms with van der Waals surface area (Å²) < 4.78 is 0. The topological polar surface area (TPSA) is 239 Å². The molecule has 9 atom stereocenters. The van der Waals surface area contributed by atoms with Crippen molar-refractivity contribution in [1.29, 1.82) is 0 Å². The smallest absolute Gasteiger partial charge is 0.251 e. The third-order valence-electron chi connectivity index (χ3n) is 15.7. The van der Waals surface area contributed by atoms with Crippen molar-refractivity contribution >= 4 is 47.3 Å². The van der Waals surface area contributed by atoms with E-state index < -0.39 is 65.4 Å². The molecular weight excluding hydrogens is 965 g/mol. The number of nitrogens with one attached hydrogen (secondary N) is 8. The van der Waals surface area contributed by atoms with E-state index >= 15 is 0 Å². The molecule has 0 radical (unpaired) electrons. The highest BCUT2D eigenvalue weighted by Crippen LogP contribution is 2.33. The van der Waals surface area contributed by atoms with Crippen LogP contribution in [-0.2, 0) is 41.6 Å². The number of rotatable bonds is 20. The van der Waals surface area contributed by atoms with Gasteiger partial charge < -0.3 is 52.3 Å². The normalized spacial score (nSPS) is 21.6. The van der Waals surface area contributed by atoms with Gasteiger partial charge in [0.05, 0.1) is 24.2 Å². The largest absolute Gasteiger partial charge is 0.352 e. The van der Waals surface area contributed by atoms with Gasteiger partial charge in [-0.1, -0.05) is 75.4 Å². The minimum Gasteiger partial charge on any atom is -0.352 e. The number of likely N-dealkylation sites (tertiary alicyclic amines) is 2. The lowest BCUT2D eigenvalue weighted by Gasteiger charge is -2.36. The molecule has 7 rings (SSSR count). The maximum absolute atomic E-state index is 14.6. The molecule has 2 saturated heterocycles.